The summed E-state index contributed by atoms with van der Waals surface area (Å²) >= 11 is 0. The number of anilines is 1. The Morgan fingerprint density at radius 3 is 2.48 bits per heavy atom. The van der Waals surface area contributed by atoms with E-state index in [-0.39, 0.29) is 35.2 Å². The Hall–Kier alpha value is -2.88. The SMILES string of the molecule is CN(Cc1ccccc1)C(=O)CCC1=NS(=O)(=O)c2ccc(C(F)(F)F)cc2N1. The van der Waals surface area contributed by atoms with Crippen molar-refractivity contribution >= 4 is 27.5 Å². The van der Waals surface area contributed by atoms with Gasteiger partial charge in [0.2, 0.25) is 5.91 Å². The van der Waals surface area contributed by atoms with Crippen molar-refractivity contribution in [3.8, 4) is 0 Å². The molecule has 0 saturated heterocycles. The van der Waals surface area contributed by atoms with Crippen LogP contribution in [-0.4, -0.2) is 32.1 Å². The van der Waals surface area contributed by atoms with Crippen LogP contribution in [0.25, 0.3) is 0 Å². The van der Waals surface area contributed by atoms with Gasteiger partial charge >= 0.3 is 6.18 Å². The Balaban J connectivity index is 1.69. The Morgan fingerprint density at radius 2 is 1.83 bits per heavy atom. The first-order chi connectivity index (χ1) is 13.6. The van der Waals surface area contributed by atoms with Crippen molar-refractivity contribution in [3.63, 3.8) is 0 Å². The quantitative estimate of drug-likeness (QED) is 0.793. The molecular weight excluding hydrogens is 407 g/mol. The summed E-state index contributed by atoms with van der Waals surface area (Å²) in [6.45, 7) is 0.385. The van der Waals surface area contributed by atoms with Crippen molar-refractivity contribution in [3.05, 3.63) is 59.7 Å². The van der Waals surface area contributed by atoms with Gasteiger partial charge in [0.25, 0.3) is 10.0 Å². The second-order valence-electron chi connectivity index (χ2n) is 6.58. The van der Waals surface area contributed by atoms with E-state index in [2.05, 4.69) is 9.71 Å². The molecular formula is C19H18F3N3O3S. The molecule has 2 aromatic rings. The fourth-order valence-corrected chi connectivity index (χ4v) is 4.02. The number of amides is 1. The molecule has 29 heavy (non-hydrogen) atoms. The maximum atomic E-state index is 12.9. The zero-order valence-corrected chi connectivity index (χ0v) is 16.2. The maximum absolute atomic E-state index is 12.9. The molecule has 1 heterocycles. The summed E-state index contributed by atoms with van der Waals surface area (Å²) in [7, 11) is -2.52. The number of rotatable bonds is 5. The van der Waals surface area contributed by atoms with Crippen LogP contribution in [-0.2, 0) is 27.5 Å². The van der Waals surface area contributed by atoms with Crippen LogP contribution in [0.3, 0.4) is 0 Å². The van der Waals surface area contributed by atoms with Gasteiger partial charge in [-0.15, -0.1) is 4.40 Å². The van der Waals surface area contributed by atoms with Gasteiger partial charge in [-0.05, 0) is 23.8 Å². The number of nitrogens with one attached hydrogen (secondary N) is 1. The summed E-state index contributed by atoms with van der Waals surface area (Å²) in [6.07, 6.45) is -4.70. The molecule has 0 aromatic heterocycles. The number of hydrogen-bond donors (Lipinski definition) is 1. The van der Waals surface area contributed by atoms with Crippen LogP contribution < -0.4 is 5.32 Å². The summed E-state index contributed by atoms with van der Waals surface area (Å²) < 4.78 is 66.8. The molecule has 0 aliphatic carbocycles. The first-order valence-electron chi connectivity index (χ1n) is 8.66. The van der Waals surface area contributed by atoms with Gasteiger partial charge < -0.3 is 10.2 Å². The van der Waals surface area contributed by atoms with E-state index in [1.54, 1.807) is 7.05 Å². The molecule has 0 radical (unpaired) electrons. The average molecular weight is 425 g/mol. The highest BCUT2D eigenvalue weighted by Gasteiger charge is 2.33. The summed E-state index contributed by atoms with van der Waals surface area (Å²) in [5.74, 6) is -0.316. The predicted octanol–water partition coefficient (Wildman–Crippen LogP) is 3.66. The Morgan fingerprint density at radius 1 is 1.14 bits per heavy atom. The minimum atomic E-state index is -4.61. The van der Waals surface area contributed by atoms with E-state index >= 15 is 0 Å². The molecule has 1 N–H and O–H groups in total. The van der Waals surface area contributed by atoms with Crippen molar-refractivity contribution in [2.45, 2.75) is 30.5 Å². The van der Waals surface area contributed by atoms with E-state index < -0.39 is 21.8 Å². The van der Waals surface area contributed by atoms with Gasteiger partial charge in [0, 0.05) is 26.4 Å². The third-order valence-corrected chi connectivity index (χ3v) is 5.73. The number of carbonyl (C=O) groups excluding carboxylic acids is 1. The molecule has 0 fully saturated rings. The van der Waals surface area contributed by atoms with E-state index in [4.69, 9.17) is 0 Å². The second-order valence-corrected chi connectivity index (χ2v) is 8.15. The van der Waals surface area contributed by atoms with Crippen molar-refractivity contribution in [2.75, 3.05) is 12.4 Å². The Kier molecular flexibility index (Phi) is 5.65. The van der Waals surface area contributed by atoms with Crippen molar-refractivity contribution in [2.24, 2.45) is 4.40 Å². The standard InChI is InChI=1S/C19H18F3N3O3S/c1-25(12-13-5-3-2-4-6-13)18(26)10-9-17-23-15-11-14(19(20,21)22)7-8-16(15)29(27,28)24-17/h2-8,11H,9-10,12H2,1H3,(H,23,24). The van der Waals surface area contributed by atoms with Crippen molar-refractivity contribution < 1.29 is 26.4 Å². The number of carbonyl (C=O) groups is 1. The number of halogens is 3. The molecule has 1 aliphatic heterocycles. The zero-order chi connectivity index (χ0) is 21.2. The predicted molar refractivity (Wildman–Crippen MR) is 102 cm³/mol. The van der Waals surface area contributed by atoms with Crippen LogP contribution in [0, 0.1) is 0 Å². The van der Waals surface area contributed by atoms with Gasteiger partial charge in [0.15, 0.2) is 0 Å². The lowest BCUT2D eigenvalue weighted by Gasteiger charge is -2.21. The van der Waals surface area contributed by atoms with Crippen LogP contribution in [0.4, 0.5) is 18.9 Å². The van der Waals surface area contributed by atoms with Gasteiger partial charge in [-0.2, -0.15) is 21.6 Å². The van der Waals surface area contributed by atoms with E-state index in [9.17, 15) is 26.4 Å². The minimum Gasteiger partial charge on any atom is -0.342 e. The van der Waals surface area contributed by atoms with E-state index in [1.165, 1.54) is 4.90 Å². The molecule has 3 rings (SSSR count). The number of fused-ring (bicyclic) bond motifs is 1. The summed E-state index contributed by atoms with van der Waals surface area (Å²) in [5, 5.41) is 2.61. The normalized spacial score (nSPS) is 15.1. The summed E-state index contributed by atoms with van der Waals surface area (Å²) in [6, 6.07) is 11.6. The number of benzene rings is 2. The first kappa shape index (κ1) is 20.8. The molecule has 10 heteroatoms. The van der Waals surface area contributed by atoms with Crippen molar-refractivity contribution in [1.29, 1.82) is 0 Å². The average Bonchev–Trinajstić information content (AvgIpc) is 2.65. The van der Waals surface area contributed by atoms with Crippen LogP contribution >= 0.6 is 0 Å². The van der Waals surface area contributed by atoms with Crippen LogP contribution in [0.1, 0.15) is 24.0 Å². The molecule has 6 nitrogen and oxygen atoms in total. The molecule has 1 amide bonds. The van der Waals surface area contributed by atoms with Crippen LogP contribution in [0.15, 0.2) is 57.8 Å². The molecule has 0 atom stereocenters. The lowest BCUT2D eigenvalue weighted by molar-refractivity contribution is -0.137. The zero-order valence-electron chi connectivity index (χ0n) is 15.4. The summed E-state index contributed by atoms with van der Waals surface area (Å²) in [4.78, 5) is 13.5. The Bertz CT molecular complexity index is 1050. The molecule has 2 aromatic carbocycles. The monoisotopic (exact) mass is 425 g/mol. The van der Waals surface area contributed by atoms with Crippen LogP contribution in [0.2, 0.25) is 0 Å². The largest absolute Gasteiger partial charge is 0.416 e. The van der Waals surface area contributed by atoms with Gasteiger partial charge in [0.05, 0.1) is 11.3 Å². The highest BCUT2D eigenvalue weighted by atomic mass is 32.2. The lowest BCUT2D eigenvalue weighted by Crippen LogP contribution is -2.28. The van der Waals surface area contributed by atoms with Gasteiger partial charge in [-0.25, -0.2) is 0 Å². The highest BCUT2D eigenvalue weighted by Crippen LogP contribution is 2.35. The molecule has 154 valence electrons. The maximum Gasteiger partial charge on any atom is 0.416 e. The molecule has 0 bridgehead atoms. The van der Waals surface area contributed by atoms with E-state index in [0.29, 0.717) is 12.6 Å². The lowest BCUT2D eigenvalue weighted by atomic mass is 10.1. The number of nitrogens with zero attached hydrogens (tertiary/aromatic N) is 2. The fourth-order valence-electron chi connectivity index (χ4n) is 2.87. The van der Waals surface area contributed by atoms with E-state index in [1.807, 2.05) is 30.3 Å². The second kappa shape index (κ2) is 7.86. The summed E-state index contributed by atoms with van der Waals surface area (Å²) in [5.41, 5.74) is -0.235. The Labute approximate surface area is 166 Å². The number of hydrogen-bond acceptors (Lipinski definition) is 4. The fraction of sp³-hybridized carbons (Fsp3) is 0.263. The van der Waals surface area contributed by atoms with Gasteiger partial charge in [-0.3, -0.25) is 4.79 Å². The number of amidine groups is 1. The number of alkyl halides is 3. The minimum absolute atomic E-state index is 0.0427. The molecule has 0 saturated carbocycles. The number of sulfonamides is 1. The molecule has 0 spiro atoms. The third-order valence-electron chi connectivity index (χ3n) is 4.36. The van der Waals surface area contributed by atoms with Crippen LogP contribution in [0.5, 0.6) is 0 Å². The molecule has 1 aliphatic rings. The first-order valence-corrected chi connectivity index (χ1v) is 10.1. The third kappa shape index (κ3) is 4.94. The topological polar surface area (TPSA) is 78.8 Å². The highest BCUT2D eigenvalue weighted by molar-refractivity contribution is 7.90. The van der Waals surface area contributed by atoms with Gasteiger partial charge in [0.1, 0.15) is 10.7 Å². The van der Waals surface area contributed by atoms with Crippen molar-refractivity contribution in [1.82, 2.24) is 4.90 Å². The van der Waals surface area contributed by atoms with Gasteiger partial charge in [-0.1, -0.05) is 30.3 Å². The van der Waals surface area contributed by atoms with E-state index in [0.717, 1.165) is 17.7 Å². The molecule has 0 unspecified atom stereocenters. The smallest absolute Gasteiger partial charge is 0.342 e.